The summed E-state index contributed by atoms with van der Waals surface area (Å²) in [6.45, 7) is 3.48. The fourth-order valence-corrected chi connectivity index (χ4v) is 3.23. The molecule has 1 fully saturated rings. The van der Waals surface area contributed by atoms with Gasteiger partial charge in [-0.1, -0.05) is 34.1 Å². The summed E-state index contributed by atoms with van der Waals surface area (Å²) >= 11 is 3.57. The van der Waals surface area contributed by atoms with Crippen LogP contribution in [-0.4, -0.2) is 45.8 Å². The Morgan fingerprint density at radius 2 is 2.26 bits per heavy atom. The number of aromatic nitrogens is 2. The number of hydrogen-bond acceptors (Lipinski definition) is 3. The number of hydrogen-bond donors (Lipinski definition) is 0. The molecular weight excluding hydrogens is 306 g/mol. The van der Waals surface area contributed by atoms with Gasteiger partial charge < -0.3 is 4.74 Å². The van der Waals surface area contributed by atoms with E-state index in [0.717, 1.165) is 37.3 Å². The van der Waals surface area contributed by atoms with E-state index in [0.29, 0.717) is 6.04 Å². The van der Waals surface area contributed by atoms with Crippen LogP contribution in [0.1, 0.15) is 5.69 Å². The molecule has 1 atom stereocenters. The maximum absolute atomic E-state index is 5.54. The Bertz CT molecular complexity index is 569. The molecule has 0 aliphatic carbocycles. The molecule has 0 spiro atoms. The van der Waals surface area contributed by atoms with Crippen LogP contribution in [0, 0.1) is 0 Å². The Labute approximate surface area is 121 Å². The number of morpholine rings is 1. The minimum absolute atomic E-state index is 0.439. The molecule has 5 heteroatoms. The maximum atomic E-state index is 5.54. The van der Waals surface area contributed by atoms with E-state index >= 15 is 0 Å². The normalized spacial score (nSPS) is 21.1. The van der Waals surface area contributed by atoms with Gasteiger partial charge in [-0.25, -0.2) is 0 Å². The Hall–Kier alpha value is -0.910. The summed E-state index contributed by atoms with van der Waals surface area (Å²) in [5.41, 5.74) is 2.35. The number of benzene rings is 1. The monoisotopic (exact) mass is 323 g/mol. The van der Waals surface area contributed by atoms with Crippen molar-refractivity contribution in [1.82, 2.24) is 14.7 Å². The minimum Gasteiger partial charge on any atom is -0.378 e. The van der Waals surface area contributed by atoms with Crippen LogP contribution in [-0.2, 0) is 18.3 Å². The number of alkyl halides is 1. The Morgan fingerprint density at radius 3 is 3.11 bits per heavy atom. The van der Waals surface area contributed by atoms with Crippen molar-refractivity contribution < 1.29 is 4.74 Å². The molecule has 102 valence electrons. The molecule has 1 aromatic heterocycles. The van der Waals surface area contributed by atoms with E-state index in [2.05, 4.69) is 50.2 Å². The summed E-state index contributed by atoms with van der Waals surface area (Å²) in [6, 6.07) is 8.85. The summed E-state index contributed by atoms with van der Waals surface area (Å²) in [4.78, 5) is 2.45. The van der Waals surface area contributed by atoms with Crippen molar-refractivity contribution in [2.45, 2.75) is 12.6 Å². The number of para-hydroxylation sites is 1. The highest BCUT2D eigenvalue weighted by atomic mass is 79.9. The topological polar surface area (TPSA) is 30.3 Å². The quantitative estimate of drug-likeness (QED) is 0.811. The second kappa shape index (κ2) is 5.61. The second-order valence-corrected chi connectivity index (χ2v) is 5.59. The lowest BCUT2D eigenvalue weighted by atomic mass is 10.2. The van der Waals surface area contributed by atoms with E-state index < -0.39 is 0 Å². The molecule has 1 unspecified atom stereocenters. The van der Waals surface area contributed by atoms with E-state index in [9.17, 15) is 0 Å². The molecule has 1 saturated heterocycles. The lowest BCUT2D eigenvalue weighted by Crippen LogP contribution is -2.45. The Morgan fingerprint density at radius 1 is 1.42 bits per heavy atom. The predicted molar refractivity (Wildman–Crippen MR) is 79.5 cm³/mol. The zero-order valence-electron chi connectivity index (χ0n) is 11.1. The fourth-order valence-electron chi connectivity index (χ4n) is 2.64. The molecule has 0 N–H and O–H groups in total. The first-order valence-electron chi connectivity index (χ1n) is 6.58. The van der Waals surface area contributed by atoms with Crippen LogP contribution in [0.5, 0.6) is 0 Å². The smallest absolute Gasteiger partial charge is 0.0843 e. The Balaban J connectivity index is 1.88. The number of nitrogens with zero attached hydrogens (tertiary/aromatic N) is 3. The summed E-state index contributed by atoms with van der Waals surface area (Å²) in [5.74, 6) is 0. The van der Waals surface area contributed by atoms with Crippen molar-refractivity contribution >= 4 is 26.8 Å². The third kappa shape index (κ3) is 2.55. The minimum atomic E-state index is 0.439. The Kier molecular flexibility index (Phi) is 3.86. The number of ether oxygens (including phenoxy) is 1. The number of halogens is 1. The van der Waals surface area contributed by atoms with E-state index in [4.69, 9.17) is 4.74 Å². The average Bonchev–Trinajstić information content (AvgIpc) is 2.77. The molecule has 0 radical (unpaired) electrons. The molecule has 0 saturated carbocycles. The van der Waals surface area contributed by atoms with Gasteiger partial charge >= 0.3 is 0 Å². The van der Waals surface area contributed by atoms with Gasteiger partial charge in [0, 0.05) is 36.9 Å². The van der Waals surface area contributed by atoms with Crippen molar-refractivity contribution in [3.63, 3.8) is 0 Å². The molecule has 0 amide bonds. The fraction of sp³-hybridized carbons (Fsp3) is 0.500. The molecule has 3 rings (SSSR count). The first-order valence-corrected chi connectivity index (χ1v) is 7.70. The van der Waals surface area contributed by atoms with Gasteiger partial charge in [0.1, 0.15) is 0 Å². The highest BCUT2D eigenvalue weighted by Crippen LogP contribution is 2.21. The maximum Gasteiger partial charge on any atom is 0.0843 e. The summed E-state index contributed by atoms with van der Waals surface area (Å²) in [5, 5.41) is 6.87. The highest BCUT2D eigenvalue weighted by molar-refractivity contribution is 9.09. The van der Waals surface area contributed by atoms with Crippen molar-refractivity contribution in [2.24, 2.45) is 7.05 Å². The first kappa shape index (κ1) is 13.1. The lowest BCUT2D eigenvalue weighted by molar-refractivity contribution is -0.00255. The molecule has 2 aromatic rings. The van der Waals surface area contributed by atoms with Gasteiger partial charge in [0.15, 0.2) is 0 Å². The molecule has 0 bridgehead atoms. The third-order valence-corrected chi connectivity index (χ3v) is 4.46. The van der Waals surface area contributed by atoms with E-state index in [1.807, 2.05) is 11.7 Å². The number of fused-ring (bicyclic) bond motifs is 1. The number of aryl methyl sites for hydroxylation is 1. The molecule has 19 heavy (non-hydrogen) atoms. The second-order valence-electron chi connectivity index (χ2n) is 4.94. The molecule has 1 aliphatic rings. The average molecular weight is 324 g/mol. The van der Waals surface area contributed by atoms with E-state index in [1.165, 1.54) is 10.9 Å². The van der Waals surface area contributed by atoms with Crippen LogP contribution < -0.4 is 0 Å². The molecular formula is C14H18BrN3O. The van der Waals surface area contributed by atoms with E-state index in [-0.39, 0.29) is 0 Å². The number of rotatable bonds is 3. The van der Waals surface area contributed by atoms with Gasteiger partial charge in [0.25, 0.3) is 0 Å². The molecule has 1 aromatic carbocycles. The first-order chi connectivity index (χ1) is 9.29. The van der Waals surface area contributed by atoms with Crippen LogP contribution in [0.15, 0.2) is 24.3 Å². The highest BCUT2D eigenvalue weighted by Gasteiger charge is 2.23. The van der Waals surface area contributed by atoms with Crippen LogP contribution in [0.25, 0.3) is 10.9 Å². The van der Waals surface area contributed by atoms with Gasteiger partial charge in [-0.15, -0.1) is 0 Å². The summed E-state index contributed by atoms with van der Waals surface area (Å²) < 4.78 is 7.50. The van der Waals surface area contributed by atoms with Gasteiger partial charge in [-0.05, 0) is 6.07 Å². The van der Waals surface area contributed by atoms with Crippen LogP contribution >= 0.6 is 15.9 Å². The van der Waals surface area contributed by atoms with Crippen LogP contribution in [0.3, 0.4) is 0 Å². The summed E-state index contributed by atoms with van der Waals surface area (Å²) in [7, 11) is 2.01. The van der Waals surface area contributed by atoms with Gasteiger partial charge in [-0.2, -0.15) is 5.10 Å². The van der Waals surface area contributed by atoms with Gasteiger partial charge in [0.2, 0.25) is 0 Å². The zero-order chi connectivity index (χ0) is 13.2. The van der Waals surface area contributed by atoms with Crippen LogP contribution in [0.4, 0.5) is 0 Å². The van der Waals surface area contributed by atoms with Crippen molar-refractivity contribution in [3.8, 4) is 0 Å². The van der Waals surface area contributed by atoms with Crippen molar-refractivity contribution in [2.75, 3.05) is 25.1 Å². The largest absolute Gasteiger partial charge is 0.378 e. The SMILES string of the molecule is Cn1nc(CN2CCOCC2CBr)c2ccccc21. The lowest BCUT2D eigenvalue weighted by Gasteiger charge is -2.34. The van der Waals surface area contributed by atoms with Gasteiger partial charge in [-0.3, -0.25) is 9.58 Å². The molecule has 1 aliphatic heterocycles. The standard InChI is InChI=1S/C14H18BrN3O/c1-17-14-5-3-2-4-12(14)13(16-17)9-18-6-7-19-10-11(18)8-15/h2-5,11H,6-10H2,1H3. The van der Waals surface area contributed by atoms with Crippen LogP contribution in [0.2, 0.25) is 0 Å². The van der Waals surface area contributed by atoms with E-state index in [1.54, 1.807) is 0 Å². The van der Waals surface area contributed by atoms with Crippen molar-refractivity contribution in [3.05, 3.63) is 30.0 Å². The predicted octanol–water partition coefficient (Wildman–Crippen LogP) is 2.17. The third-order valence-electron chi connectivity index (χ3n) is 3.71. The van der Waals surface area contributed by atoms with Crippen molar-refractivity contribution in [1.29, 1.82) is 0 Å². The summed E-state index contributed by atoms with van der Waals surface area (Å²) in [6.07, 6.45) is 0. The molecule has 2 heterocycles. The van der Waals surface area contributed by atoms with Gasteiger partial charge in [0.05, 0.1) is 24.4 Å². The molecule has 4 nitrogen and oxygen atoms in total. The zero-order valence-corrected chi connectivity index (χ0v) is 12.6.